The number of hydrogen-bond acceptors (Lipinski definition) is 7. The van der Waals surface area contributed by atoms with E-state index >= 15 is 0 Å². The van der Waals surface area contributed by atoms with Gasteiger partial charge in [-0.1, -0.05) is 115 Å². The zero-order chi connectivity index (χ0) is 31.1. The van der Waals surface area contributed by atoms with Gasteiger partial charge >= 0.3 is 14.2 Å². The van der Waals surface area contributed by atoms with Crippen LogP contribution in [0.3, 0.4) is 0 Å². The highest BCUT2D eigenvalue weighted by molar-refractivity contribution is 6.59. The molecule has 0 amide bonds. The van der Waals surface area contributed by atoms with Crippen molar-refractivity contribution in [1.29, 1.82) is 0 Å². The molecule has 0 spiro atoms. The van der Waals surface area contributed by atoms with E-state index in [-0.39, 0.29) is 18.6 Å². The first-order valence-electron chi connectivity index (χ1n) is 16.0. The Morgan fingerprint density at radius 1 is 0.667 bits per heavy atom. The van der Waals surface area contributed by atoms with Gasteiger partial charge in [0.25, 0.3) is 0 Å². The van der Waals surface area contributed by atoms with Crippen LogP contribution in [-0.2, 0) is 10.2 Å². The first-order chi connectivity index (χ1) is 20.2. The fourth-order valence-electron chi connectivity index (χ4n) is 6.48. The minimum absolute atomic E-state index is 0.0278. The lowest BCUT2D eigenvalue weighted by molar-refractivity contribution is 0.0650. The van der Waals surface area contributed by atoms with Gasteiger partial charge in [-0.25, -0.2) is 0 Å². The first kappa shape index (κ1) is 36.5. The van der Waals surface area contributed by atoms with E-state index < -0.39 is 14.2 Å². The fraction of sp³-hybridized carbons (Fsp3) is 0.636. The third-order valence-corrected chi connectivity index (χ3v) is 8.84. The van der Waals surface area contributed by atoms with Gasteiger partial charge in [0.1, 0.15) is 0 Å². The molecule has 0 heterocycles. The summed E-state index contributed by atoms with van der Waals surface area (Å²) in [6.07, 6.45) is 11.3. The van der Waals surface area contributed by atoms with Crippen LogP contribution in [0.1, 0.15) is 103 Å². The van der Waals surface area contributed by atoms with Crippen molar-refractivity contribution in [3.8, 4) is 11.1 Å². The average Bonchev–Trinajstić information content (AvgIpc) is 3.25. The van der Waals surface area contributed by atoms with E-state index in [9.17, 15) is 20.1 Å². The summed E-state index contributed by atoms with van der Waals surface area (Å²) in [4.78, 5) is 0. The SMILES string of the molecule is CCCCC(CC)CC1(CC(CC)CCCC)c2cc(B(O)O)ccc2-c2ccc(B(O)O)cc21.OCCOCCO. The Morgan fingerprint density at radius 2 is 1.07 bits per heavy atom. The lowest BCUT2D eigenvalue weighted by atomic mass is 9.63. The lowest BCUT2D eigenvalue weighted by Crippen LogP contribution is -2.36. The van der Waals surface area contributed by atoms with Gasteiger partial charge in [0.05, 0.1) is 26.4 Å². The standard InChI is InChI=1S/C29H44B2O4.C4H10O3/c1-5-9-11-21(7-3)19-29(20-22(8-4)12-10-6-2)27-17-23(30(32)33)13-15-25(27)26-16-14-24(31(34)35)18-28(26)29;5-1-3-7-4-2-6/h13-18,21-22,32-35H,5-12,19-20H2,1-4H3;5-6H,1-4H2. The molecule has 0 saturated carbocycles. The maximum absolute atomic E-state index is 10.0. The van der Waals surface area contributed by atoms with Crippen LogP contribution in [0, 0.1) is 11.8 Å². The van der Waals surface area contributed by atoms with E-state index in [2.05, 4.69) is 32.4 Å². The number of benzene rings is 2. The van der Waals surface area contributed by atoms with Gasteiger partial charge in [0.2, 0.25) is 0 Å². The Bertz CT molecular complexity index is 966. The van der Waals surface area contributed by atoms with Crippen LogP contribution in [0.25, 0.3) is 11.1 Å². The normalized spacial score (nSPS) is 14.4. The average molecular weight is 584 g/mol. The Kier molecular flexibility index (Phi) is 16.4. The summed E-state index contributed by atoms with van der Waals surface area (Å²) in [6, 6.07) is 11.7. The lowest BCUT2D eigenvalue weighted by Gasteiger charge is -2.39. The van der Waals surface area contributed by atoms with E-state index in [1.807, 2.05) is 24.3 Å². The number of ether oxygens (including phenoxy) is 1. The van der Waals surface area contributed by atoms with E-state index in [1.54, 1.807) is 12.1 Å². The molecule has 1 aliphatic rings. The molecule has 0 aromatic heterocycles. The van der Waals surface area contributed by atoms with Gasteiger partial charge in [-0.2, -0.15) is 0 Å². The second-order valence-electron chi connectivity index (χ2n) is 11.7. The summed E-state index contributed by atoms with van der Waals surface area (Å²) < 4.78 is 4.63. The van der Waals surface area contributed by atoms with Gasteiger partial charge in [0.15, 0.2) is 0 Å². The zero-order valence-corrected chi connectivity index (χ0v) is 26.3. The van der Waals surface area contributed by atoms with E-state index in [0.717, 1.165) is 36.8 Å². The molecule has 2 aromatic carbocycles. The van der Waals surface area contributed by atoms with Crippen LogP contribution in [0.15, 0.2) is 36.4 Å². The maximum atomic E-state index is 10.0. The van der Waals surface area contributed by atoms with Crippen molar-refractivity contribution in [2.45, 2.75) is 97.3 Å². The number of aliphatic hydroxyl groups is 2. The molecule has 2 atom stereocenters. The molecule has 6 N–H and O–H groups in total. The summed E-state index contributed by atoms with van der Waals surface area (Å²) in [5.41, 5.74) is 5.37. The van der Waals surface area contributed by atoms with Gasteiger partial charge in [-0.15, -0.1) is 0 Å². The van der Waals surface area contributed by atoms with Crippen LogP contribution in [0.5, 0.6) is 0 Å². The van der Waals surface area contributed by atoms with Crippen molar-refractivity contribution in [2.75, 3.05) is 26.4 Å². The quantitative estimate of drug-likeness (QED) is 0.117. The topological polar surface area (TPSA) is 131 Å². The molecule has 42 heavy (non-hydrogen) atoms. The monoisotopic (exact) mass is 584 g/mol. The molecule has 1 aliphatic carbocycles. The van der Waals surface area contributed by atoms with E-state index in [0.29, 0.717) is 36.0 Å². The highest BCUT2D eigenvalue weighted by Gasteiger charge is 2.46. The van der Waals surface area contributed by atoms with Crippen LogP contribution < -0.4 is 10.9 Å². The molecule has 0 radical (unpaired) electrons. The molecule has 0 bridgehead atoms. The molecule has 3 rings (SSSR count). The smallest absolute Gasteiger partial charge is 0.423 e. The Labute approximate surface area is 254 Å². The zero-order valence-electron chi connectivity index (χ0n) is 26.3. The number of rotatable bonds is 18. The molecule has 234 valence electrons. The third kappa shape index (κ3) is 9.65. The van der Waals surface area contributed by atoms with Crippen molar-refractivity contribution in [3.63, 3.8) is 0 Å². The number of fused-ring (bicyclic) bond motifs is 3. The van der Waals surface area contributed by atoms with Gasteiger partial charge in [-0.05, 0) is 57.9 Å². The van der Waals surface area contributed by atoms with Crippen molar-refractivity contribution in [2.24, 2.45) is 11.8 Å². The first-order valence-corrected chi connectivity index (χ1v) is 16.0. The Hall–Kier alpha value is -1.71. The predicted octanol–water partition coefficient (Wildman–Crippen LogP) is 3.51. The largest absolute Gasteiger partial charge is 0.488 e. The molecular weight excluding hydrogens is 530 g/mol. The van der Waals surface area contributed by atoms with Crippen molar-refractivity contribution in [3.05, 3.63) is 47.5 Å². The van der Waals surface area contributed by atoms with Gasteiger partial charge < -0.3 is 35.0 Å². The van der Waals surface area contributed by atoms with Gasteiger partial charge in [0, 0.05) is 5.41 Å². The molecule has 2 unspecified atom stereocenters. The number of unbranched alkanes of at least 4 members (excludes halogenated alkanes) is 2. The maximum Gasteiger partial charge on any atom is 0.488 e. The summed E-state index contributed by atoms with van der Waals surface area (Å²) in [6.45, 7) is 9.73. The second kappa shape index (κ2) is 18.8. The summed E-state index contributed by atoms with van der Waals surface area (Å²) in [5.74, 6) is 1.09. The number of aliphatic hydroxyl groups excluding tert-OH is 2. The highest BCUT2D eigenvalue weighted by Crippen LogP contribution is 2.55. The van der Waals surface area contributed by atoms with Crippen LogP contribution in [0.4, 0.5) is 0 Å². The molecule has 7 nitrogen and oxygen atoms in total. The van der Waals surface area contributed by atoms with Crippen molar-refractivity contribution < 1.29 is 35.0 Å². The number of hydrogen-bond donors (Lipinski definition) is 6. The summed E-state index contributed by atoms with van der Waals surface area (Å²) in [5, 5.41) is 56.3. The Morgan fingerprint density at radius 3 is 1.38 bits per heavy atom. The highest BCUT2D eigenvalue weighted by atomic mass is 16.5. The minimum Gasteiger partial charge on any atom is -0.423 e. The predicted molar refractivity (Wildman–Crippen MR) is 173 cm³/mol. The van der Waals surface area contributed by atoms with E-state index in [4.69, 9.17) is 10.2 Å². The minimum atomic E-state index is -1.51. The van der Waals surface area contributed by atoms with Crippen LogP contribution >= 0.6 is 0 Å². The molecular formula is C33H54B2O7. The Balaban J connectivity index is 0.000000782. The second-order valence-corrected chi connectivity index (χ2v) is 11.7. The molecule has 0 aliphatic heterocycles. The van der Waals surface area contributed by atoms with Crippen molar-refractivity contribution >= 4 is 25.2 Å². The van der Waals surface area contributed by atoms with Crippen LogP contribution in [0.2, 0.25) is 0 Å². The van der Waals surface area contributed by atoms with Crippen molar-refractivity contribution in [1.82, 2.24) is 0 Å². The van der Waals surface area contributed by atoms with E-state index in [1.165, 1.54) is 49.7 Å². The molecule has 0 fully saturated rings. The summed E-state index contributed by atoms with van der Waals surface area (Å²) in [7, 11) is -3.03. The van der Waals surface area contributed by atoms with Crippen LogP contribution in [-0.4, -0.2) is 71.0 Å². The molecule has 0 saturated heterocycles. The fourth-order valence-corrected chi connectivity index (χ4v) is 6.48. The molecule has 2 aromatic rings. The molecule has 9 heteroatoms. The summed E-state index contributed by atoms with van der Waals surface area (Å²) >= 11 is 0. The third-order valence-electron chi connectivity index (χ3n) is 8.84. The van der Waals surface area contributed by atoms with Gasteiger partial charge in [-0.3, -0.25) is 0 Å².